The second kappa shape index (κ2) is 5.67. The number of para-hydroxylation sites is 1. The summed E-state index contributed by atoms with van der Waals surface area (Å²) < 4.78 is 6.66. The van der Waals surface area contributed by atoms with Crippen LogP contribution >= 0.6 is 15.9 Å². The number of ether oxygens (including phenoxy) is 1. The zero-order chi connectivity index (χ0) is 13.9. The molecule has 102 valence electrons. The van der Waals surface area contributed by atoms with Gasteiger partial charge in [-0.25, -0.2) is 0 Å². The first kappa shape index (κ1) is 13.2. The summed E-state index contributed by atoms with van der Waals surface area (Å²) in [6.45, 7) is 0. The molecule has 0 aliphatic heterocycles. The SMILES string of the molecule is O=C(NC1CC1)c1ccc(Oc2ccccc2Br)cc1. The largest absolute Gasteiger partial charge is 0.456 e. The monoisotopic (exact) mass is 331 g/mol. The minimum Gasteiger partial charge on any atom is -0.456 e. The first-order valence-corrected chi connectivity index (χ1v) is 7.35. The second-order valence-corrected chi connectivity index (χ2v) is 5.66. The maximum absolute atomic E-state index is 11.9. The summed E-state index contributed by atoms with van der Waals surface area (Å²) in [4.78, 5) is 11.9. The average Bonchev–Trinajstić information content (AvgIpc) is 3.26. The molecule has 0 radical (unpaired) electrons. The number of carbonyl (C=O) groups is 1. The molecule has 1 N–H and O–H groups in total. The Hall–Kier alpha value is -1.81. The molecule has 1 fully saturated rings. The Morgan fingerprint density at radius 2 is 1.80 bits per heavy atom. The average molecular weight is 332 g/mol. The molecule has 1 saturated carbocycles. The van der Waals surface area contributed by atoms with Crippen LogP contribution in [0.3, 0.4) is 0 Å². The Bertz CT molecular complexity index is 621. The summed E-state index contributed by atoms with van der Waals surface area (Å²) in [5, 5.41) is 2.96. The van der Waals surface area contributed by atoms with Crippen LogP contribution in [0.4, 0.5) is 0 Å². The van der Waals surface area contributed by atoms with Crippen LogP contribution in [0.15, 0.2) is 53.0 Å². The summed E-state index contributed by atoms with van der Waals surface area (Å²) in [7, 11) is 0. The molecule has 1 aliphatic rings. The van der Waals surface area contributed by atoms with Crippen molar-refractivity contribution in [3.05, 3.63) is 58.6 Å². The molecule has 3 rings (SSSR count). The van der Waals surface area contributed by atoms with Gasteiger partial charge in [-0.3, -0.25) is 4.79 Å². The van der Waals surface area contributed by atoms with Gasteiger partial charge in [0.25, 0.3) is 5.91 Å². The Balaban J connectivity index is 1.69. The first-order valence-electron chi connectivity index (χ1n) is 6.56. The molecule has 0 aromatic heterocycles. The van der Waals surface area contributed by atoms with Crippen molar-refractivity contribution in [1.29, 1.82) is 0 Å². The van der Waals surface area contributed by atoms with E-state index in [-0.39, 0.29) is 5.91 Å². The molecule has 0 heterocycles. The number of hydrogen-bond donors (Lipinski definition) is 1. The third-order valence-corrected chi connectivity index (χ3v) is 3.75. The van der Waals surface area contributed by atoms with Crippen LogP contribution in [-0.4, -0.2) is 11.9 Å². The Morgan fingerprint density at radius 3 is 2.45 bits per heavy atom. The number of rotatable bonds is 4. The normalized spacial score (nSPS) is 13.8. The summed E-state index contributed by atoms with van der Waals surface area (Å²) in [5.74, 6) is 1.45. The summed E-state index contributed by atoms with van der Waals surface area (Å²) in [6, 6.07) is 15.2. The molecular formula is C16H14BrNO2. The van der Waals surface area contributed by atoms with Crippen LogP contribution in [0, 0.1) is 0 Å². The zero-order valence-corrected chi connectivity index (χ0v) is 12.4. The van der Waals surface area contributed by atoms with Gasteiger partial charge in [0, 0.05) is 11.6 Å². The van der Waals surface area contributed by atoms with Crippen LogP contribution in [0.25, 0.3) is 0 Å². The van der Waals surface area contributed by atoms with Crippen LogP contribution in [0.1, 0.15) is 23.2 Å². The van der Waals surface area contributed by atoms with Crippen molar-refractivity contribution in [2.45, 2.75) is 18.9 Å². The molecule has 0 bridgehead atoms. The van der Waals surface area contributed by atoms with Gasteiger partial charge in [0.2, 0.25) is 0 Å². The van der Waals surface area contributed by atoms with E-state index in [0.717, 1.165) is 23.1 Å². The van der Waals surface area contributed by atoms with E-state index in [1.54, 1.807) is 24.3 Å². The minimum atomic E-state index is -0.0139. The maximum Gasteiger partial charge on any atom is 0.251 e. The fraction of sp³-hybridized carbons (Fsp3) is 0.188. The Labute approximate surface area is 126 Å². The number of hydrogen-bond acceptors (Lipinski definition) is 2. The highest BCUT2D eigenvalue weighted by atomic mass is 79.9. The molecule has 0 saturated heterocycles. The lowest BCUT2D eigenvalue weighted by molar-refractivity contribution is 0.0951. The van der Waals surface area contributed by atoms with Crippen LogP contribution in [0.2, 0.25) is 0 Å². The van der Waals surface area contributed by atoms with Crippen molar-refractivity contribution in [2.24, 2.45) is 0 Å². The van der Waals surface area contributed by atoms with Gasteiger partial charge in [-0.05, 0) is 65.2 Å². The van der Waals surface area contributed by atoms with Gasteiger partial charge < -0.3 is 10.1 Å². The van der Waals surface area contributed by atoms with E-state index in [2.05, 4.69) is 21.2 Å². The van der Waals surface area contributed by atoms with Gasteiger partial charge in [-0.15, -0.1) is 0 Å². The van der Waals surface area contributed by atoms with Crippen LogP contribution < -0.4 is 10.1 Å². The molecule has 1 amide bonds. The summed E-state index contributed by atoms with van der Waals surface area (Å²) in [5.41, 5.74) is 0.663. The number of nitrogens with one attached hydrogen (secondary N) is 1. The maximum atomic E-state index is 11.9. The fourth-order valence-corrected chi connectivity index (χ4v) is 2.19. The molecular weight excluding hydrogens is 318 g/mol. The molecule has 3 nitrogen and oxygen atoms in total. The van der Waals surface area contributed by atoms with Crippen molar-refractivity contribution < 1.29 is 9.53 Å². The van der Waals surface area contributed by atoms with Crippen molar-refractivity contribution in [3.63, 3.8) is 0 Å². The van der Waals surface area contributed by atoms with Crippen molar-refractivity contribution in [1.82, 2.24) is 5.32 Å². The molecule has 2 aromatic rings. The van der Waals surface area contributed by atoms with Gasteiger partial charge >= 0.3 is 0 Å². The zero-order valence-electron chi connectivity index (χ0n) is 10.8. The number of benzene rings is 2. The lowest BCUT2D eigenvalue weighted by atomic mass is 10.2. The van der Waals surface area contributed by atoms with Gasteiger partial charge in [0.1, 0.15) is 11.5 Å². The van der Waals surface area contributed by atoms with E-state index in [1.165, 1.54) is 0 Å². The molecule has 0 spiro atoms. The quantitative estimate of drug-likeness (QED) is 0.914. The van der Waals surface area contributed by atoms with E-state index in [1.807, 2.05) is 24.3 Å². The Kier molecular flexibility index (Phi) is 3.74. The third-order valence-electron chi connectivity index (χ3n) is 3.09. The van der Waals surface area contributed by atoms with Gasteiger partial charge in [0.15, 0.2) is 0 Å². The van der Waals surface area contributed by atoms with Crippen molar-refractivity contribution in [3.8, 4) is 11.5 Å². The molecule has 0 unspecified atom stereocenters. The molecule has 2 aromatic carbocycles. The summed E-state index contributed by atoms with van der Waals surface area (Å²) in [6.07, 6.45) is 2.18. The van der Waals surface area contributed by atoms with E-state index >= 15 is 0 Å². The Morgan fingerprint density at radius 1 is 1.10 bits per heavy atom. The van der Waals surface area contributed by atoms with Gasteiger partial charge in [0.05, 0.1) is 4.47 Å². The smallest absolute Gasteiger partial charge is 0.251 e. The fourth-order valence-electron chi connectivity index (χ4n) is 1.83. The van der Waals surface area contributed by atoms with Crippen molar-refractivity contribution in [2.75, 3.05) is 0 Å². The number of amides is 1. The predicted octanol–water partition coefficient (Wildman–Crippen LogP) is 4.13. The van der Waals surface area contributed by atoms with E-state index < -0.39 is 0 Å². The van der Waals surface area contributed by atoms with E-state index in [0.29, 0.717) is 17.4 Å². The molecule has 0 atom stereocenters. The highest BCUT2D eigenvalue weighted by Gasteiger charge is 2.23. The lowest BCUT2D eigenvalue weighted by Crippen LogP contribution is -2.25. The van der Waals surface area contributed by atoms with Crippen LogP contribution in [-0.2, 0) is 0 Å². The molecule has 20 heavy (non-hydrogen) atoms. The van der Waals surface area contributed by atoms with Crippen molar-refractivity contribution >= 4 is 21.8 Å². The summed E-state index contributed by atoms with van der Waals surface area (Å²) >= 11 is 3.44. The highest BCUT2D eigenvalue weighted by molar-refractivity contribution is 9.10. The topological polar surface area (TPSA) is 38.3 Å². The van der Waals surface area contributed by atoms with Gasteiger partial charge in [-0.1, -0.05) is 12.1 Å². The standard InChI is InChI=1S/C16H14BrNO2/c17-14-3-1-2-4-15(14)20-13-9-5-11(6-10-13)16(19)18-12-7-8-12/h1-6,9-10,12H,7-8H2,(H,18,19). The van der Waals surface area contributed by atoms with Crippen LogP contribution in [0.5, 0.6) is 11.5 Å². The molecule has 1 aliphatic carbocycles. The third kappa shape index (κ3) is 3.20. The predicted molar refractivity (Wildman–Crippen MR) is 81.1 cm³/mol. The number of carbonyl (C=O) groups excluding carboxylic acids is 1. The number of halogens is 1. The van der Waals surface area contributed by atoms with E-state index in [4.69, 9.17) is 4.74 Å². The van der Waals surface area contributed by atoms with E-state index in [9.17, 15) is 4.79 Å². The second-order valence-electron chi connectivity index (χ2n) is 4.80. The first-order chi connectivity index (χ1) is 9.72. The highest BCUT2D eigenvalue weighted by Crippen LogP contribution is 2.29. The molecule has 4 heteroatoms. The lowest BCUT2D eigenvalue weighted by Gasteiger charge is -2.08. The minimum absolute atomic E-state index is 0.0139. The van der Waals surface area contributed by atoms with Gasteiger partial charge in [-0.2, -0.15) is 0 Å².